The number of amides is 2. The van der Waals surface area contributed by atoms with E-state index in [2.05, 4.69) is 39.8 Å². The fraction of sp³-hybridized carbons (Fsp3) is 0.333. The van der Waals surface area contributed by atoms with Crippen LogP contribution in [0.15, 0.2) is 36.7 Å². The Morgan fingerprint density at radius 1 is 1.12 bits per heavy atom. The van der Waals surface area contributed by atoms with Crippen LogP contribution in [-0.4, -0.2) is 28.3 Å². The Morgan fingerprint density at radius 3 is 2.44 bits per heavy atom. The summed E-state index contributed by atoms with van der Waals surface area (Å²) >= 11 is 0. The van der Waals surface area contributed by atoms with Crippen molar-refractivity contribution in [3.05, 3.63) is 42.2 Å². The molecule has 0 aliphatic rings. The van der Waals surface area contributed by atoms with Gasteiger partial charge in [0.05, 0.1) is 5.56 Å². The zero-order valence-electron chi connectivity index (χ0n) is 14.7. The molecule has 1 aromatic carbocycles. The van der Waals surface area contributed by atoms with Crippen molar-refractivity contribution in [1.82, 2.24) is 15.3 Å². The third-order valence-corrected chi connectivity index (χ3v) is 3.36. The maximum absolute atomic E-state index is 12.0. The van der Waals surface area contributed by atoms with Gasteiger partial charge in [0.2, 0.25) is 11.9 Å². The molecule has 0 saturated heterocycles. The van der Waals surface area contributed by atoms with E-state index in [0.29, 0.717) is 29.7 Å². The number of aromatic nitrogens is 2. The van der Waals surface area contributed by atoms with Gasteiger partial charge in [-0.15, -0.1) is 0 Å². The molecule has 132 valence electrons. The van der Waals surface area contributed by atoms with Gasteiger partial charge in [0, 0.05) is 37.2 Å². The number of anilines is 3. The number of hydrogen-bond donors (Lipinski definition) is 3. The van der Waals surface area contributed by atoms with Crippen molar-refractivity contribution < 1.29 is 9.59 Å². The van der Waals surface area contributed by atoms with Crippen LogP contribution in [0.5, 0.6) is 0 Å². The quantitative estimate of drug-likeness (QED) is 0.719. The summed E-state index contributed by atoms with van der Waals surface area (Å²) in [6.45, 7) is 6.30. The predicted molar refractivity (Wildman–Crippen MR) is 97.8 cm³/mol. The maximum atomic E-state index is 12.0. The second-order valence-electron chi connectivity index (χ2n) is 6.12. The molecule has 25 heavy (non-hydrogen) atoms. The standard InChI is InChI=1S/C18H23N5O2/c1-12(2)7-8-19-17(25)14-10-20-18(21-11-14)23-16-6-4-5-15(9-16)22-13(3)24/h4-6,9-12H,7-8H2,1-3H3,(H,19,25)(H,22,24)(H,20,21,23). The number of carbonyl (C=O) groups excluding carboxylic acids is 2. The van der Waals surface area contributed by atoms with E-state index < -0.39 is 0 Å². The monoisotopic (exact) mass is 341 g/mol. The number of hydrogen-bond acceptors (Lipinski definition) is 5. The summed E-state index contributed by atoms with van der Waals surface area (Å²) in [5.41, 5.74) is 1.83. The number of nitrogens with zero attached hydrogens (tertiary/aromatic N) is 2. The highest BCUT2D eigenvalue weighted by Crippen LogP contribution is 2.17. The molecule has 1 heterocycles. The van der Waals surface area contributed by atoms with Gasteiger partial charge in [-0.05, 0) is 30.5 Å². The number of benzene rings is 1. The normalized spacial score (nSPS) is 10.4. The second kappa shape index (κ2) is 8.77. The molecular weight excluding hydrogens is 318 g/mol. The first kappa shape index (κ1) is 18.4. The lowest BCUT2D eigenvalue weighted by atomic mass is 10.1. The summed E-state index contributed by atoms with van der Waals surface area (Å²) in [5, 5.41) is 8.59. The van der Waals surface area contributed by atoms with Crippen LogP contribution in [0.25, 0.3) is 0 Å². The fourth-order valence-corrected chi connectivity index (χ4v) is 2.09. The van der Waals surface area contributed by atoms with Gasteiger partial charge < -0.3 is 16.0 Å². The van der Waals surface area contributed by atoms with Crippen LogP contribution in [0, 0.1) is 5.92 Å². The van der Waals surface area contributed by atoms with Gasteiger partial charge in [-0.3, -0.25) is 9.59 Å². The van der Waals surface area contributed by atoms with Crippen molar-refractivity contribution in [3.63, 3.8) is 0 Å². The van der Waals surface area contributed by atoms with E-state index in [9.17, 15) is 9.59 Å². The molecule has 2 rings (SSSR count). The van der Waals surface area contributed by atoms with Gasteiger partial charge >= 0.3 is 0 Å². The van der Waals surface area contributed by atoms with E-state index in [1.54, 1.807) is 12.1 Å². The smallest absolute Gasteiger partial charge is 0.254 e. The van der Waals surface area contributed by atoms with Gasteiger partial charge in [-0.1, -0.05) is 19.9 Å². The molecule has 0 spiro atoms. The molecule has 2 aromatic rings. The van der Waals surface area contributed by atoms with Crippen molar-refractivity contribution in [2.45, 2.75) is 27.2 Å². The van der Waals surface area contributed by atoms with Crippen LogP contribution in [0.4, 0.5) is 17.3 Å². The van der Waals surface area contributed by atoms with E-state index in [1.807, 2.05) is 12.1 Å². The number of rotatable bonds is 7. The summed E-state index contributed by atoms with van der Waals surface area (Å²) in [4.78, 5) is 31.4. The highest BCUT2D eigenvalue weighted by Gasteiger charge is 2.07. The van der Waals surface area contributed by atoms with Gasteiger partial charge in [-0.25, -0.2) is 9.97 Å². The Morgan fingerprint density at radius 2 is 1.80 bits per heavy atom. The topological polar surface area (TPSA) is 96.0 Å². The molecule has 1 aromatic heterocycles. The van der Waals surface area contributed by atoms with E-state index in [1.165, 1.54) is 19.3 Å². The molecule has 0 unspecified atom stereocenters. The molecule has 0 fully saturated rings. The molecule has 0 atom stereocenters. The largest absolute Gasteiger partial charge is 0.352 e. The van der Waals surface area contributed by atoms with E-state index in [4.69, 9.17) is 0 Å². The molecule has 3 N–H and O–H groups in total. The Bertz CT molecular complexity index is 729. The van der Waals surface area contributed by atoms with Crippen LogP contribution in [-0.2, 0) is 4.79 Å². The Balaban J connectivity index is 1.96. The summed E-state index contributed by atoms with van der Waals surface area (Å²) in [6.07, 6.45) is 3.90. The molecule has 2 amide bonds. The first-order valence-corrected chi connectivity index (χ1v) is 8.19. The highest BCUT2D eigenvalue weighted by atomic mass is 16.2. The fourth-order valence-electron chi connectivity index (χ4n) is 2.09. The number of nitrogens with one attached hydrogen (secondary N) is 3. The van der Waals surface area contributed by atoms with Gasteiger partial charge in [0.1, 0.15) is 0 Å². The van der Waals surface area contributed by atoms with Crippen LogP contribution in [0.2, 0.25) is 0 Å². The maximum Gasteiger partial charge on any atom is 0.254 e. The SMILES string of the molecule is CC(=O)Nc1cccc(Nc2ncc(C(=O)NCCC(C)C)cn2)c1. The lowest BCUT2D eigenvalue weighted by molar-refractivity contribution is -0.114. The molecule has 7 heteroatoms. The minimum absolute atomic E-state index is 0.138. The van der Waals surface area contributed by atoms with Gasteiger partial charge in [-0.2, -0.15) is 0 Å². The summed E-state index contributed by atoms with van der Waals surface area (Å²) in [5.74, 6) is 0.594. The van der Waals surface area contributed by atoms with Gasteiger partial charge in [0.15, 0.2) is 0 Å². The van der Waals surface area contributed by atoms with E-state index >= 15 is 0 Å². The zero-order valence-corrected chi connectivity index (χ0v) is 14.7. The van der Waals surface area contributed by atoms with Crippen molar-refractivity contribution in [2.75, 3.05) is 17.2 Å². The molecule has 0 aliphatic carbocycles. The zero-order chi connectivity index (χ0) is 18.2. The molecule has 0 radical (unpaired) electrons. The van der Waals surface area contributed by atoms with E-state index in [-0.39, 0.29) is 11.8 Å². The molecule has 7 nitrogen and oxygen atoms in total. The lowest BCUT2D eigenvalue weighted by Gasteiger charge is -2.09. The first-order chi connectivity index (χ1) is 11.9. The average Bonchev–Trinajstić information content (AvgIpc) is 2.55. The molecule has 0 bridgehead atoms. The Kier molecular flexibility index (Phi) is 6.45. The highest BCUT2D eigenvalue weighted by molar-refractivity contribution is 5.93. The minimum atomic E-state index is -0.181. The Hall–Kier alpha value is -2.96. The first-order valence-electron chi connectivity index (χ1n) is 8.19. The lowest BCUT2D eigenvalue weighted by Crippen LogP contribution is -2.25. The van der Waals surface area contributed by atoms with Gasteiger partial charge in [0.25, 0.3) is 5.91 Å². The van der Waals surface area contributed by atoms with Crippen LogP contribution in [0.3, 0.4) is 0 Å². The summed E-state index contributed by atoms with van der Waals surface area (Å²) < 4.78 is 0. The van der Waals surface area contributed by atoms with E-state index in [0.717, 1.165) is 12.1 Å². The Labute approximate surface area is 147 Å². The number of carbonyl (C=O) groups is 2. The van der Waals surface area contributed by atoms with Crippen LogP contribution < -0.4 is 16.0 Å². The third kappa shape index (κ3) is 6.21. The van der Waals surface area contributed by atoms with Crippen molar-refractivity contribution in [2.24, 2.45) is 5.92 Å². The average molecular weight is 341 g/mol. The molecule has 0 saturated carbocycles. The van der Waals surface area contributed by atoms with Crippen LogP contribution >= 0.6 is 0 Å². The van der Waals surface area contributed by atoms with Crippen molar-refractivity contribution >= 4 is 29.1 Å². The van der Waals surface area contributed by atoms with Crippen molar-refractivity contribution in [3.8, 4) is 0 Å². The second-order valence-corrected chi connectivity index (χ2v) is 6.12. The summed E-state index contributed by atoms with van der Waals surface area (Å²) in [7, 11) is 0. The summed E-state index contributed by atoms with van der Waals surface area (Å²) in [6, 6.07) is 7.21. The molecule has 0 aliphatic heterocycles. The van der Waals surface area contributed by atoms with Crippen LogP contribution in [0.1, 0.15) is 37.6 Å². The van der Waals surface area contributed by atoms with Crippen molar-refractivity contribution in [1.29, 1.82) is 0 Å². The predicted octanol–water partition coefficient (Wildman–Crippen LogP) is 2.95. The molecular formula is C18H23N5O2. The third-order valence-electron chi connectivity index (χ3n) is 3.36. The minimum Gasteiger partial charge on any atom is -0.352 e.